The first-order valence-corrected chi connectivity index (χ1v) is 10.2. The Balaban J connectivity index is 3.45. The molecule has 0 nitrogen and oxygen atoms in total. The summed E-state index contributed by atoms with van der Waals surface area (Å²) in [6.07, 6.45) is 10.7. The van der Waals surface area contributed by atoms with Crippen LogP contribution in [0.3, 0.4) is 0 Å². The van der Waals surface area contributed by atoms with E-state index in [-0.39, 0.29) is 0 Å². The molecule has 0 fully saturated rings. The van der Waals surface area contributed by atoms with Crippen molar-refractivity contribution in [3.63, 3.8) is 0 Å². The van der Waals surface area contributed by atoms with Gasteiger partial charge in [-0.1, -0.05) is 25.0 Å². The lowest BCUT2D eigenvalue weighted by Gasteiger charge is -2.15. The smallest absolute Gasteiger partial charge is 0.146 e. The van der Waals surface area contributed by atoms with Gasteiger partial charge in [0.25, 0.3) is 6.69 Å². The lowest BCUT2D eigenvalue weighted by atomic mass is 10.2. The van der Waals surface area contributed by atoms with Crippen LogP contribution in [0.5, 0.6) is 0 Å². The standard InChI is InChI=1S/C12H22Cl2Si/c1-3-5-7-8-10-12-15(13,14)11-9-6-4-2/h3-4H,1-2,5-12H2. The van der Waals surface area contributed by atoms with Crippen molar-refractivity contribution in [2.24, 2.45) is 0 Å². The Kier molecular flexibility index (Phi) is 9.67. The Hall–Kier alpha value is 0.277. The third-order valence-electron chi connectivity index (χ3n) is 2.40. The Bertz CT molecular complexity index is 178. The Morgan fingerprint density at radius 3 is 1.93 bits per heavy atom. The highest BCUT2D eigenvalue weighted by Crippen LogP contribution is 2.30. The maximum Gasteiger partial charge on any atom is 0.251 e. The van der Waals surface area contributed by atoms with Gasteiger partial charge in [0.15, 0.2) is 0 Å². The molecule has 0 heterocycles. The van der Waals surface area contributed by atoms with Gasteiger partial charge >= 0.3 is 0 Å². The average Bonchev–Trinajstić information content (AvgIpc) is 2.17. The van der Waals surface area contributed by atoms with Gasteiger partial charge in [0.1, 0.15) is 0 Å². The number of unbranched alkanes of at least 4 members (excludes halogenated alkanes) is 4. The fourth-order valence-electron chi connectivity index (χ4n) is 1.48. The summed E-state index contributed by atoms with van der Waals surface area (Å²) in [4.78, 5) is 0. The minimum atomic E-state index is -1.93. The van der Waals surface area contributed by atoms with Crippen LogP contribution in [-0.4, -0.2) is 6.69 Å². The van der Waals surface area contributed by atoms with E-state index in [0.717, 1.165) is 31.4 Å². The summed E-state index contributed by atoms with van der Waals surface area (Å²) in [7, 11) is 0. The van der Waals surface area contributed by atoms with Crippen LogP contribution < -0.4 is 0 Å². The number of rotatable bonds is 10. The predicted octanol–water partition coefficient (Wildman–Crippen LogP) is 5.62. The quantitative estimate of drug-likeness (QED) is 0.208. The number of halogens is 2. The molecular weight excluding hydrogens is 243 g/mol. The third kappa shape index (κ3) is 10.6. The van der Waals surface area contributed by atoms with E-state index in [1.807, 2.05) is 12.2 Å². The summed E-state index contributed by atoms with van der Waals surface area (Å²) in [5, 5.41) is 0. The van der Waals surface area contributed by atoms with Gasteiger partial charge in [0.05, 0.1) is 0 Å². The lowest BCUT2D eigenvalue weighted by Crippen LogP contribution is -2.17. The molecule has 0 atom stereocenters. The van der Waals surface area contributed by atoms with E-state index in [9.17, 15) is 0 Å². The molecule has 3 heteroatoms. The van der Waals surface area contributed by atoms with Crippen LogP contribution in [0.25, 0.3) is 0 Å². The van der Waals surface area contributed by atoms with Gasteiger partial charge in [0, 0.05) is 0 Å². The van der Waals surface area contributed by atoms with Gasteiger partial charge in [-0.15, -0.1) is 35.3 Å². The molecule has 0 bridgehead atoms. The van der Waals surface area contributed by atoms with Crippen LogP contribution >= 0.6 is 22.2 Å². The number of allylic oxidation sites excluding steroid dienone is 2. The second-order valence-electron chi connectivity index (χ2n) is 3.92. The molecule has 0 amide bonds. The summed E-state index contributed by atoms with van der Waals surface area (Å²) in [6.45, 7) is 5.47. The Labute approximate surface area is 105 Å². The highest BCUT2D eigenvalue weighted by molar-refractivity contribution is 7.45. The molecule has 0 aromatic rings. The molecular formula is C12H22Cl2Si. The van der Waals surface area contributed by atoms with Crippen LogP contribution in [0, 0.1) is 0 Å². The maximum atomic E-state index is 6.33. The summed E-state index contributed by atoms with van der Waals surface area (Å²) in [5.41, 5.74) is 0. The largest absolute Gasteiger partial charge is 0.251 e. The molecule has 0 aromatic carbocycles. The summed E-state index contributed by atoms with van der Waals surface area (Å²) in [6, 6.07) is 2.04. The SMILES string of the molecule is C=CCCCCC[Si](Cl)(Cl)CCCC=C. The molecule has 0 spiro atoms. The van der Waals surface area contributed by atoms with Gasteiger partial charge in [-0.2, -0.15) is 0 Å². The van der Waals surface area contributed by atoms with E-state index in [1.54, 1.807) is 0 Å². The minimum Gasteiger partial charge on any atom is -0.146 e. The molecule has 0 aliphatic carbocycles. The second kappa shape index (κ2) is 9.50. The van der Waals surface area contributed by atoms with Crippen molar-refractivity contribution in [3.05, 3.63) is 25.3 Å². The average molecular weight is 265 g/mol. The van der Waals surface area contributed by atoms with Crippen molar-refractivity contribution in [2.75, 3.05) is 0 Å². The highest BCUT2D eigenvalue weighted by atomic mass is 35.7. The molecule has 0 unspecified atom stereocenters. The Morgan fingerprint density at radius 1 is 0.800 bits per heavy atom. The normalized spacial score (nSPS) is 11.3. The molecule has 0 radical (unpaired) electrons. The molecule has 88 valence electrons. The van der Waals surface area contributed by atoms with Crippen molar-refractivity contribution in [3.8, 4) is 0 Å². The summed E-state index contributed by atoms with van der Waals surface area (Å²) < 4.78 is 0. The van der Waals surface area contributed by atoms with Gasteiger partial charge in [-0.25, -0.2) is 0 Å². The van der Waals surface area contributed by atoms with E-state index in [4.69, 9.17) is 22.2 Å². The molecule has 0 rings (SSSR count). The molecule has 0 aromatic heterocycles. The third-order valence-corrected chi connectivity index (χ3v) is 6.84. The topological polar surface area (TPSA) is 0 Å². The van der Waals surface area contributed by atoms with Crippen LogP contribution in [0.2, 0.25) is 12.1 Å². The number of hydrogen-bond donors (Lipinski definition) is 0. The monoisotopic (exact) mass is 264 g/mol. The summed E-state index contributed by atoms with van der Waals surface area (Å²) >= 11 is 12.7. The Morgan fingerprint density at radius 2 is 1.33 bits per heavy atom. The van der Waals surface area contributed by atoms with Crippen molar-refractivity contribution >= 4 is 28.9 Å². The van der Waals surface area contributed by atoms with Crippen molar-refractivity contribution in [1.29, 1.82) is 0 Å². The van der Waals surface area contributed by atoms with Crippen LogP contribution in [-0.2, 0) is 0 Å². The first kappa shape index (κ1) is 15.3. The first-order valence-electron chi connectivity index (χ1n) is 5.72. The minimum absolute atomic E-state index is 1.00. The fourth-order valence-corrected chi connectivity index (χ4v) is 4.82. The van der Waals surface area contributed by atoms with Crippen molar-refractivity contribution < 1.29 is 0 Å². The molecule has 0 aliphatic heterocycles. The molecule has 0 saturated carbocycles. The number of hydrogen-bond acceptors (Lipinski definition) is 0. The van der Waals surface area contributed by atoms with Crippen LogP contribution in [0.4, 0.5) is 0 Å². The molecule has 0 aliphatic rings. The van der Waals surface area contributed by atoms with Crippen molar-refractivity contribution in [1.82, 2.24) is 0 Å². The van der Waals surface area contributed by atoms with Gasteiger partial charge in [-0.3, -0.25) is 0 Å². The zero-order chi connectivity index (χ0) is 11.6. The summed E-state index contributed by atoms with van der Waals surface area (Å²) in [5.74, 6) is 0. The molecule has 0 N–H and O–H groups in total. The predicted molar refractivity (Wildman–Crippen MR) is 75.2 cm³/mol. The van der Waals surface area contributed by atoms with Crippen LogP contribution in [0.15, 0.2) is 25.3 Å². The second-order valence-corrected chi connectivity index (χ2v) is 11.6. The van der Waals surface area contributed by atoms with Gasteiger partial charge in [-0.05, 0) is 37.8 Å². The first-order chi connectivity index (χ1) is 7.12. The molecule has 15 heavy (non-hydrogen) atoms. The van der Waals surface area contributed by atoms with Crippen molar-refractivity contribution in [2.45, 2.75) is 50.6 Å². The van der Waals surface area contributed by atoms with E-state index < -0.39 is 6.69 Å². The van der Waals surface area contributed by atoms with E-state index >= 15 is 0 Å². The zero-order valence-electron chi connectivity index (χ0n) is 9.48. The fraction of sp³-hybridized carbons (Fsp3) is 0.667. The van der Waals surface area contributed by atoms with Crippen LogP contribution in [0.1, 0.15) is 38.5 Å². The van der Waals surface area contributed by atoms with Gasteiger partial charge in [0.2, 0.25) is 0 Å². The highest BCUT2D eigenvalue weighted by Gasteiger charge is 2.26. The lowest BCUT2D eigenvalue weighted by molar-refractivity contribution is 0.724. The van der Waals surface area contributed by atoms with E-state index in [2.05, 4.69) is 13.2 Å². The van der Waals surface area contributed by atoms with E-state index in [0.29, 0.717) is 0 Å². The maximum absolute atomic E-state index is 6.33. The van der Waals surface area contributed by atoms with Gasteiger partial charge < -0.3 is 0 Å². The van der Waals surface area contributed by atoms with E-state index in [1.165, 1.54) is 19.3 Å². The zero-order valence-corrected chi connectivity index (χ0v) is 12.0. The molecule has 0 saturated heterocycles.